The maximum Gasteiger partial charge on any atom is 0.243 e. The summed E-state index contributed by atoms with van der Waals surface area (Å²) < 4.78 is 74.1. The van der Waals surface area contributed by atoms with E-state index in [0.29, 0.717) is 23.0 Å². The summed E-state index contributed by atoms with van der Waals surface area (Å²) in [6.07, 6.45) is 3.52. The van der Waals surface area contributed by atoms with Gasteiger partial charge in [-0.05, 0) is 31.5 Å². The first-order valence-electron chi connectivity index (χ1n) is 12.4. The molecule has 1 saturated heterocycles. The molecule has 2 aromatic heterocycles. The van der Waals surface area contributed by atoms with Gasteiger partial charge >= 0.3 is 0 Å². The van der Waals surface area contributed by atoms with Gasteiger partial charge in [0.25, 0.3) is 0 Å². The number of hydrogen-bond donors (Lipinski definition) is 1. The molecule has 4 rings (SSSR count). The van der Waals surface area contributed by atoms with E-state index in [9.17, 15) is 16.8 Å². The highest BCUT2D eigenvalue weighted by Gasteiger charge is 2.36. The Hall–Kier alpha value is -3.34. The molecule has 0 amide bonds. The minimum atomic E-state index is -4.07. The number of methoxy groups -OCH3 is 2. The second-order valence-electron chi connectivity index (χ2n) is 9.47. The average Bonchev–Trinajstić information content (AvgIpc) is 3.33. The highest BCUT2D eigenvalue weighted by molar-refractivity contribution is 7.93. The fraction of sp³-hybridized carbons (Fsp3) is 0.500. The fourth-order valence-electron chi connectivity index (χ4n) is 4.26. The molecular formula is C24H33N7O7S2. The van der Waals surface area contributed by atoms with Gasteiger partial charge in [0.2, 0.25) is 26.0 Å². The highest BCUT2D eigenvalue weighted by atomic mass is 32.2. The van der Waals surface area contributed by atoms with Crippen LogP contribution in [0.4, 0.5) is 5.95 Å². The molecule has 16 heteroatoms. The molecule has 14 nitrogen and oxygen atoms in total. The van der Waals surface area contributed by atoms with Crippen molar-refractivity contribution in [2.45, 2.75) is 38.0 Å². The zero-order chi connectivity index (χ0) is 29.2. The second-order valence-corrected chi connectivity index (χ2v) is 13.5. The van der Waals surface area contributed by atoms with Crippen LogP contribution in [0.1, 0.15) is 43.1 Å². The van der Waals surface area contributed by atoms with Gasteiger partial charge in [0, 0.05) is 31.4 Å². The van der Waals surface area contributed by atoms with E-state index in [4.69, 9.17) is 14.2 Å². The third-order valence-electron chi connectivity index (χ3n) is 6.73. The number of ether oxygens (including phenoxy) is 3. The minimum Gasteiger partial charge on any atom is -0.494 e. The third kappa shape index (κ3) is 6.04. The number of hydrogen-bond acceptors (Lipinski definition) is 11. The zero-order valence-electron chi connectivity index (χ0n) is 23.1. The van der Waals surface area contributed by atoms with Crippen molar-refractivity contribution in [1.29, 1.82) is 0 Å². The van der Waals surface area contributed by atoms with Crippen molar-refractivity contribution in [1.82, 2.24) is 29.0 Å². The molecule has 0 aliphatic carbocycles. The maximum atomic E-state index is 13.6. The largest absolute Gasteiger partial charge is 0.494 e. The number of benzene rings is 1. The van der Waals surface area contributed by atoms with Crippen molar-refractivity contribution in [3.05, 3.63) is 47.8 Å². The first-order chi connectivity index (χ1) is 18.9. The van der Waals surface area contributed by atoms with E-state index in [1.54, 1.807) is 44.4 Å². The number of aromatic nitrogens is 5. The third-order valence-corrected chi connectivity index (χ3v) is 9.86. The molecule has 40 heavy (non-hydrogen) atoms. The first-order valence-corrected chi connectivity index (χ1v) is 15.8. The molecule has 1 N–H and O–H groups in total. The Labute approximate surface area is 233 Å². The molecule has 3 atom stereocenters. The molecule has 0 bridgehead atoms. The lowest BCUT2D eigenvalue weighted by atomic mass is 10.1. The van der Waals surface area contributed by atoms with Crippen LogP contribution < -0.4 is 14.2 Å². The standard InChI is InChI=1S/C24H33N7O7S2/c1-15-12-25-22(26-13-15)16(2)17(3)40(34,35)29-24-28-27-23(20-14-30(10-11-38-20)39(6,32)33)31(24)21-18(36-4)8-7-9-19(21)37-5/h7-9,12-13,16-17,20H,10-11,14H2,1-6H3,(H,28,29)/t16-,17-,20-/m0/s1. The van der Waals surface area contributed by atoms with Crippen LogP contribution in [0, 0.1) is 6.92 Å². The van der Waals surface area contributed by atoms with Gasteiger partial charge in [0.1, 0.15) is 29.1 Å². The molecule has 3 aromatic rings. The molecule has 1 aromatic carbocycles. The second kappa shape index (κ2) is 11.6. The van der Waals surface area contributed by atoms with Gasteiger partial charge < -0.3 is 14.2 Å². The molecule has 3 heterocycles. The quantitative estimate of drug-likeness (QED) is 0.362. The lowest BCUT2D eigenvalue weighted by Gasteiger charge is -2.31. The highest BCUT2D eigenvalue weighted by Crippen LogP contribution is 2.38. The molecule has 0 unspecified atom stereocenters. The number of sulfonamides is 2. The topological polar surface area (TPSA) is 168 Å². The van der Waals surface area contributed by atoms with E-state index < -0.39 is 37.3 Å². The van der Waals surface area contributed by atoms with Crippen LogP contribution in [0.2, 0.25) is 0 Å². The van der Waals surface area contributed by atoms with E-state index in [-0.39, 0.29) is 31.5 Å². The van der Waals surface area contributed by atoms with E-state index in [0.717, 1.165) is 11.8 Å². The van der Waals surface area contributed by atoms with Gasteiger partial charge in [0.15, 0.2) is 5.82 Å². The summed E-state index contributed by atoms with van der Waals surface area (Å²) in [5.41, 5.74) is 1.17. The Morgan fingerprint density at radius 2 is 1.68 bits per heavy atom. The van der Waals surface area contributed by atoms with E-state index >= 15 is 0 Å². The summed E-state index contributed by atoms with van der Waals surface area (Å²) in [6, 6.07) is 5.05. The van der Waals surface area contributed by atoms with Gasteiger partial charge in [-0.3, -0.25) is 9.29 Å². The molecule has 1 aliphatic rings. The van der Waals surface area contributed by atoms with Gasteiger partial charge in [0.05, 0.1) is 32.3 Å². The predicted molar refractivity (Wildman–Crippen MR) is 147 cm³/mol. The summed E-state index contributed by atoms with van der Waals surface area (Å²) in [5, 5.41) is 7.43. The number of aryl methyl sites for hydroxylation is 1. The monoisotopic (exact) mass is 595 g/mol. The van der Waals surface area contributed by atoms with Crippen LogP contribution in [-0.2, 0) is 24.8 Å². The SMILES string of the molecule is COc1cccc(OC)c1-n1c(NS(=O)(=O)[C@@H](C)[C@H](C)c2ncc(C)cn2)nnc1[C@@H]1CN(S(C)(=O)=O)CCO1. The van der Waals surface area contributed by atoms with Crippen molar-refractivity contribution in [2.75, 3.05) is 44.9 Å². The van der Waals surface area contributed by atoms with Crippen molar-refractivity contribution in [3.8, 4) is 17.2 Å². The number of rotatable bonds is 10. The maximum absolute atomic E-state index is 13.6. The Morgan fingerprint density at radius 1 is 1.05 bits per heavy atom. The summed E-state index contributed by atoms with van der Waals surface area (Å²) in [5.74, 6) is 0.517. The lowest BCUT2D eigenvalue weighted by Crippen LogP contribution is -2.42. The lowest BCUT2D eigenvalue weighted by molar-refractivity contribution is -0.00827. The number of nitrogens with one attached hydrogen (secondary N) is 1. The van der Waals surface area contributed by atoms with Gasteiger partial charge in [-0.25, -0.2) is 26.8 Å². The van der Waals surface area contributed by atoms with E-state index in [1.165, 1.54) is 23.1 Å². The summed E-state index contributed by atoms with van der Waals surface area (Å²) in [7, 11) is -4.68. The molecule has 1 fully saturated rings. The molecule has 1 aliphatic heterocycles. The number of morpholine rings is 1. The Bertz CT molecular complexity index is 1540. The van der Waals surface area contributed by atoms with Crippen LogP contribution in [0.25, 0.3) is 5.69 Å². The van der Waals surface area contributed by atoms with E-state index in [2.05, 4.69) is 24.9 Å². The normalized spacial score (nSPS) is 18.2. The van der Waals surface area contributed by atoms with Crippen molar-refractivity contribution in [2.24, 2.45) is 0 Å². The predicted octanol–water partition coefficient (Wildman–Crippen LogP) is 1.65. The minimum absolute atomic E-state index is 0.0423. The Morgan fingerprint density at radius 3 is 2.25 bits per heavy atom. The summed E-state index contributed by atoms with van der Waals surface area (Å²) >= 11 is 0. The zero-order valence-corrected chi connectivity index (χ0v) is 24.7. The molecular weight excluding hydrogens is 562 g/mol. The number of anilines is 1. The van der Waals surface area contributed by atoms with Gasteiger partial charge in [-0.15, -0.1) is 10.2 Å². The first kappa shape index (κ1) is 29.6. The van der Waals surface area contributed by atoms with Gasteiger partial charge in [-0.2, -0.15) is 4.31 Å². The fourth-order valence-corrected chi connectivity index (χ4v) is 6.31. The summed E-state index contributed by atoms with van der Waals surface area (Å²) in [4.78, 5) is 8.57. The molecule has 0 spiro atoms. The Balaban J connectivity index is 1.80. The van der Waals surface area contributed by atoms with Crippen molar-refractivity contribution in [3.63, 3.8) is 0 Å². The van der Waals surface area contributed by atoms with Crippen LogP contribution in [0.15, 0.2) is 30.6 Å². The van der Waals surface area contributed by atoms with Crippen LogP contribution >= 0.6 is 0 Å². The van der Waals surface area contributed by atoms with Crippen molar-refractivity contribution >= 4 is 26.0 Å². The van der Waals surface area contributed by atoms with Crippen molar-refractivity contribution < 1.29 is 31.0 Å². The molecule has 0 saturated carbocycles. The number of nitrogens with zero attached hydrogens (tertiary/aromatic N) is 6. The Kier molecular flexibility index (Phi) is 8.63. The van der Waals surface area contributed by atoms with Crippen LogP contribution in [0.5, 0.6) is 11.5 Å². The smallest absolute Gasteiger partial charge is 0.243 e. The number of para-hydroxylation sites is 1. The average molecular weight is 596 g/mol. The summed E-state index contributed by atoms with van der Waals surface area (Å²) in [6.45, 7) is 5.37. The van der Waals surface area contributed by atoms with E-state index in [1.807, 2.05) is 6.92 Å². The molecule has 218 valence electrons. The van der Waals surface area contributed by atoms with Crippen LogP contribution in [0.3, 0.4) is 0 Å². The molecule has 0 radical (unpaired) electrons. The van der Waals surface area contributed by atoms with Crippen LogP contribution in [-0.4, -0.2) is 91.3 Å². The van der Waals surface area contributed by atoms with Gasteiger partial charge in [-0.1, -0.05) is 13.0 Å².